The van der Waals surface area contributed by atoms with Crippen LogP contribution >= 0.6 is 0 Å². The summed E-state index contributed by atoms with van der Waals surface area (Å²) in [5, 5.41) is 0. The van der Waals surface area contributed by atoms with Gasteiger partial charge in [0.05, 0.1) is 0 Å². The Morgan fingerprint density at radius 2 is 1.42 bits per heavy atom. The second-order valence-electron chi connectivity index (χ2n) is 6.05. The molecule has 0 heteroatoms. The summed E-state index contributed by atoms with van der Waals surface area (Å²) in [4.78, 5) is 0. The first-order valence-electron chi connectivity index (χ1n) is 7.54. The predicted molar refractivity (Wildman–Crippen MR) is 89.4 cm³/mol. The minimum absolute atomic E-state index is 0.640. The van der Waals surface area contributed by atoms with Gasteiger partial charge in [0.25, 0.3) is 0 Å². The summed E-state index contributed by atoms with van der Waals surface area (Å²) >= 11 is 0. The van der Waals surface area contributed by atoms with Crippen LogP contribution < -0.4 is 0 Å². The molecule has 0 aromatic rings. The van der Waals surface area contributed by atoms with Crippen molar-refractivity contribution < 1.29 is 0 Å². The van der Waals surface area contributed by atoms with E-state index in [2.05, 4.69) is 71.9 Å². The Labute approximate surface area is 121 Å². The molecule has 0 N–H and O–H groups in total. The van der Waals surface area contributed by atoms with Gasteiger partial charge in [-0.3, -0.25) is 0 Å². The van der Waals surface area contributed by atoms with Crippen LogP contribution in [0, 0.1) is 5.92 Å². The van der Waals surface area contributed by atoms with Crippen LogP contribution in [-0.2, 0) is 0 Å². The van der Waals surface area contributed by atoms with E-state index in [1.165, 1.54) is 42.4 Å². The number of hydrogen-bond acceptors (Lipinski definition) is 0. The minimum Gasteiger partial charge on any atom is -0.0856 e. The molecule has 0 bridgehead atoms. The van der Waals surface area contributed by atoms with Crippen LogP contribution in [0.25, 0.3) is 0 Å². The quantitative estimate of drug-likeness (QED) is 0.340. The fraction of sp³-hybridized carbons (Fsp3) is 0.579. The summed E-state index contributed by atoms with van der Waals surface area (Å²) < 4.78 is 0. The summed E-state index contributed by atoms with van der Waals surface area (Å²) in [6, 6.07) is 0. The molecule has 0 atom stereocenters. The van der Waals surface area contributed by atoms with Gasteiger partial charge in [-0.2, -0.15) is 0 Å². The SMILES string of the molecule is CC(C)=CCC/C(C)=C/CC/C(C)=C/C=C/C(C)C. The number of hydrogen-bond donors (Lipinski definition) is 0. The molecular formula is C19H32. The molecule has 0 radical (unpaired) electrons. The van der Waals surface area contributed by atoms with Crippen molar-refractivity contribution in [1.29, 1.82) is 0 Å². The van der Waals surface area contributed by atoms with Crippen molar-refractivity contribution >= 4 is 0 Å². The highest BCUT2D eigenvalue weighted by Gasteiger charge is 1.91. The lowest BCUT2D eigenvalue weighted by Gasteiger charge is -2.00. The summed E-state index contributed by atoms with van der Waals surface area (Å²) in [6.45, 7) is 13.2. The highest BCUT2D eigenvalue weighted by molar-refractivity contribution is 5.12. The van der Waals surface area contributed by atoms with Gasteiger partial charge in [0, 0.05) is 0 Å². The minimum atomic E-state index is 0.640. The third kappa shape index (κ3) is 13.2. The Hall–Kier alpha value is -1.04. The zero-order valence-corrected chi connectivity index (χ0v) is 13.8. The zero-order valence-electron chi connectivity index (χ0n) is 13.8. The lowest BCUT2D eigenvalue weighted by molar-refractivity contribution is 0.831. The van der Waals surface area contributed by atoms with E-state index in [1.54, 1.807) is 0 Å². The maximum atomic E-state index is 2.39. The van der Waals surface area contributed by atoms with Gasteiger partial charge in [-0.1, -0.05) is 60.9 Å². The highest BCUT2D eigenvalue weighted by atomic mass is 14.0. The first-order chi connectivity index (χ1) is 8.91. The van der Waals surface area contributed by atoms with Crippen molar-refractivity contribution in [2.75, 3.05) is 0 Å². The van der Waals surface area contributed by atoms with Crippen LogP contribution in [0.3, 0.4) is 0 Å². The van der Waals surface area contributed by atoms with E-state index < -0.39 is 0 Å². The standard InChI is InChI=1S/C19H32/c1-16(2)10-7-12-18(5)14-9-15-19(6)13-8-11-17(3)4/h7,10-12,15-16H,8-9,13-14H2,1-6H3/b10-7+,18-12+,19-15+. The molecule has 0 aliphatic carbocycles. The van der Waals surface area contributed by atoms with Crippen LogP contribution in [0.5, 0.6) is 0 Å². The van der Waals surface area contributed by atoms with Gasteiger partial charge in [-0.25, -0.2) is 0 Å². The lowest BCUT2D eigenvalue weighted by atomic mass is 10.1. The fourth-order valence-electron chi connectivity index (χ4n) is 1.76. The van der Waals surface area contributed by atoms with E-state index in [9.17, 15) is 0 Å². The molecule has 0 heterocycles. The number of allylic oxidation sites excluding steroid dienone is 8. The summed E-state index contributed by atoms with van der Waals surface area (Å²) in [5.74, 6) is 0.640. The maximum absolute atomic E-state index is 2.39. The monoisotopic (exact) mass is 260 g/mol. The Morgan fingerprint density at radius 1 is 0.842 bits per heavy atom. The first-order valence-corrected chi connectivity index (χ1v) is 7.54. The van der Waals surface area contributed by atoms with Gasteiger partial charge in [0.15, 0.2) is 0 Å². The van der Waals surface area contributed by atoms with Crippen LogP contribution in [0.2, 0.25) is 0 Å². The lowest BCUT2D eigenvalue weighted by Crippen LogP contribution is -1.80. The van der Waals surface area contributed by atoms with Crippen LogP contribution in [-0.4, -0.2) is 0 Å². The molecule has 19 heavy (non-hydrogen) atoms. The van der Waals surface area contributed by atoms with Crippen molar-refractivity contribution in [2.24, 2.45) is 5.92 Å². The second kappa shape index (κ2) is 10.8. The molecule has 0 saturated carbocycles. The molecule has 0 aromatic carbocycles. The van der Waals surface area contributed by atoms with Crippen molar-refractivity contribution in [3.63, 3.8) is 0 Å². The predicted octanol–water partition coefficient (Wildman–Crippen LogP) is 6.62. The van der Waals surface area contributed by atoms with Gasteiger partial charge in [-0.15, -0.1) is 0 Å². The molecule has 0 rings (SSSR count). The van der Waals surface area contributed by atoms with Gasteiger partial charge in [0.1, 0.15) is 0 Å². The van der Waals surface area contributed by atoms with Crippen molar-refractivity contribution in [2.45, 2.75) is 67.2 Å². The largest absolute Gasteiger partial charge is 0.0856 e. The van der Waals surface area contributed by atoms with E-state index in [0.717, 1.165) is 0 Å². The zero-order chi connectivity index (χ0) is 14.7. The van der Waals surface area contributed by atoms with Crippen molar-refractivity contribution in [3.8, 4) is 0 Å². The van der Waals surface area contributed by atoms with E-state index in [0.29, 0.717) is 5.92 Å². The molecule has 0 nitrogen and oxygen atoms in total. The number of rotatable bonds is 8. The summed E-state index contributed by atoms with van der Waals surface area (Å²) in [7, 11) is 0. The van der Waals surface area contributed by atoms with Crippen LogP contribution in [0.15, 0.2) is 47.1 Å². The Kier molecular flexibility index (Phi) is 10.2. The van der Waals surface area contributed by atoms with E-state index in [-0.39, 0.29) is 0 Å². The van der Waals surface area contributed by atoms with Gasteiger partial charge < -0.3 is 0 Å². The first kappa shape index (κ1) is 18.0. The average molecular weight is 260 g/mol. The van der Waals surface area contributed by atoms with Gasteiger partial charge >= 0.3 is 0 Å². The third-order valence-corrected chi connectivity index (χ3v) is 3.00. The summed E-state index contributed by atoms with van der Waals surface area (Å²) in [5.41, 5.74) is 4.40. The molecule has 0 spiro atoms. The molecule has 0 aromatic heterocycles. The van der Waals surface area contributed by atoms with Gasteiger partial charge in [-0.05, 0) is 59.3 Å². The molecule has 0 unspecified atom stereocenters. The average Bonchev–Trinajstić information content (AvgIpc) is 2.27. The Balaban J connectivity index is 3.96. The molecule has 0 amide bonds. The maximum Gasteiger partial charge on any atom is -0.0285 e. The highest BCUT2D eigenvalue weighted by Crippen LogP contribution is 2.11. The van der Waals surface area contributed by atoms with Crippen molar-refractivity contribution in [1.82, 2.24) is 0 Å². The van der Waals surface area contributed by atoms with Crippen LogP contribution in [0.4, 0.5) is 0 Å². The molecule has 0 saturated heterocycles. The smallest absolute Gasteiger partial charge is 0.0285 e. The topological polar surface area (TPSA) is 0 Å². The van der Waals surface area contributed by atoms with E-state index in [1.807, 2.05) is 0 Å². The molecular weight excluding hydrogens is 228 g/mol. The summed E-state index contributed by atoms with van der Waals surface area (Å²) in [6.07, 6.45) is 16.1. The molecule has 0 fully saturated rings. The molecule has 0 aliphatic rings. The van der Waals surface area contributed by atoms with Crippen LogP contribution in [0.1, 0.15) is 67.2 Å². The normalized spacial score (nSPS) is 13.4. The third-order valence-electron chi connectivity index (χ3n) is 3.00. The van der Waals surface area contributed by atoms with Gasteiger partial charge in [0.2, 0.25) is 0 Å². The molecule has 108 valence electrons. The van der Waals surface area contributed by atoms with E-state index >= 15 is 0 Å². The Bertz CT molecular complexity index is 344. The second-order valence-corrected chi connectivity index (χ2v) is 6.05. The van der Waals surface area contributed by atoms with Crippen molar-refractivity contribution in [3.05, 3.63) is 47.1 Å². The molecule has 0 aliphatic heterocycles. The van der Waals surface area contributed by atoms with E-state index in [4.69, 9.17) is 0 Å². The fourth-order valence-corrected chi connectivity index (χ4v) is 1.76. The Morgan fingerprint density at radius 3 is 2.00 bits per heavy atom.